The molecule has 1 atom stereocenters. The molecule has 8 heteroatoms. The van der Waals surface area contributed by atoms with Gasteiger partial charge in [0.1, 0.15) is 4.47 Å². The molecule has 0 spiro atoms. The normalized spacial score (nSPS) is 19.3. The van der Waals surface area contributed by atoms with Gasteiger partial charge in [-0.3, -0.25) is 9.59 Å². The van der Waals surface area contributed by atoms with E-state index in [-0.39, 0.29) is 11.5 Å². The minimum Gasteiger partial charge on any atom is -0.365 e. The van der Waals surface area contributed by atoms with Crippen LogP contribution in [-0.2, 0) is 16.6 Å². The third-order valence-electron chi connectivity index (χ3n) is 3.01. The van der Waals surface area contributed by atoms with Gasteiger partial charge in [-0.1, -0.05) is 0 Å². The molecule has 0 bridgehead atoms. The topological polar surface area (TPSA) is 76.5 Å². The average molecular weight is 331 g/mol. The number of carbonyl (C=O) groups is 1. The summed E-state index contributed by atoms with van der Waals surface area (Å²) in [5.74, 6) is -0.169. The Morgan fingerprint density at radius 1 is 1.63 bits per heavy atom. The zero-order chi connectivity index (χ0) is 14.0. The van der Waals surface area contributed by atoms with Crippen molar-refractivity contribution >= 4 is 27.5 Å². The Bertz CT molecular complexity index is 545. The summed E-state index contributed by atoms with van der Waals surface area (Å²) in [6, 6.07) is 0. The van der Waals surface area contributed by atoms with Crippen LogP contribution in [0.5, 0.6) is 0 Å². The minimum atomic E-state index is -0.533. The summed E-state index contributed by atoms with van der Waals surface area (Å²) in [6.45, 7) is 1.44. The molecule has 0 radical (unpaired) electrons. The Hall–Kier alpha value is -1.41. The number of nitrogens with zero attached hydrogens (tertiary/aromatic N) is 3. The lowest BCUT2D eigenvalue weighted by molar-refractivity contribution is -0.132. The molecule has 2 rings (SSSR count). The van der Waals surface area contributed by atoms with Gasteiger partial charge < -0.3 is 15.0 Å². The van der Waals surface area contributed by atoms with Crippen molar-refractivity contribution < 1.29 is 9.53 Å². The fourth-order valence-electron chi connectivity index (χ4n) is 1.91. The maximum Gasteiger partial charge on any atom is 0.282 e. The number of carbonyl (C=O) groups excluding carboxylic acids is 1. The van der Waals surface area contributed by atoms with E-state index in [1.165, 1.54) is 4.68 Å². The second-order valence-electron chi connectivity index (χ2n) is 4.19. The number of hydrogen-bond donors (Lipinski definition) is 1. The molecule has 1 aromatic heterocycles. The zero-order valence-electron chi connectivity index (χ0n) is 10.7. The molecule has 1 amide bonds. The van der Waals surface area contributed by atoms with Gasteiger partial charge in [0, 0.05) is 20.6 Å². The van der Waals surface area contributed by atoms with E-state index in [9.17, 15) is 9.59 Å². The number of aromatic nitrogens is 2. The Labute approximate surface area is 118 Å². The second kappa shape index (κ2) is 5.70. The molecule has 1 saturated heterocycles. The van der Waals surface area contributed by atoms with E-state index in [2.05, 4.69) is 26.3 Å². The molecule has 1 aliphatic rings. The van der Waals surface area contributed by atoms with Crippen LogP contribution < -0.4 is 15.8 Å². The quantitative estimate of drug-likeness (QED) is 0.790. The van der Waals surface area contributed by atoms with Crippen LogP contribution in [-0.4, -0.2) is 48.5 Å². The molecule has 0 aromatic carbocycles. The number of halogens is 1. The summed E-state index contributed by atoms with van der Waals surface area (Å²) in [5, 5.41) is 6.55. The standard InChI is InChI=1S/C11H15BrN4O3/c1-13-10(17)8-6-16(3-4-19-8)7-5-14-15(2)11(18)9(7)12/h5,8H,3-4,6H2,1-2H3,(H,13,17). The molecule has 19 heavy (non-hydrogen) atoms. The fourth-order valence-corrected chi connectivity index (χ4v) is 2.52. The van der Waals surface area contributed by atoms with E-state index < -0.39 is 6.10 Å². The molecular weight excluding hydrogens is 316 g/mol. The van der Waals surface area contributed by atoms with E-state index in [4.69, 9.17) is 4.74 Å². The van der Waals surface area contributed by atoms with Crippen LogP contribution in [0.15, 0.2) is 15.5 Å². The second-order valence-corrected chi connectivity index (χ2v) is 4.99. The van der Waals surface area contributed by atoms with Crippen LogP contribution in [0, 0.1) is 0 Å². The summed E-state index contributed by atoms with van der Waals surface area (Å²) in [5.41, 5.74) is 0.473. The van der Waals surface area contributed by atoms with Crippen molar-refractivity contribution in [2.24, 2.45) is 7.05 Å². The molecule has 1 N–H and O–H groups in total. The number of ether oxygens (including phenoxy) is 1. The van der Waals surface area contributed by atoms with Crippen LogP contribution >= 0.6 is 15.9 Å². The molecule has 1 unspecified atom stereocenters. The molecule has 0 aliphatic carbocycles. The zero-order valence-corrected chi connectivity index (χ0v) is 12.3. The third-order valence-corrected chi connectivity index (χ3v) is 3.75. The molecule has 1 aromatic rings. The van der Waals surface area contributed by atoms with Crippen LogP contribution in [0.4, 0.5) is 5.69 Å². The lowest BCUT2D eigenvalue weighted by Crippen LogP contribution is -2.49. The van der Waals surface area contributed by atoms with E-state index in [0.29, 0.717) is 29.9 Å². The van der Waals surface area contributed by atoms with Crippen LogP contribution in [0.2, 0.25) is 0 Å². The highest BCUT2D eigenvalue weighted by Gasteiger charge is 2.27. The fraction of sp³-hybridized carbons (Fsp3) is 0.545. The van der Waals surface area contributed by atoms with E-state index in [1.807, 2.05) is 4.90 Å². The van der Waals surface area contributed by atoms with Gasteiger partial charge in [0.25, 0.3) is 11.5 Å². The monoisotopic (exact) mass is 330 g/mol. The van der Waals surface area contributed by atoms with Gasteiger partial charge in [-0.15, -0.1) is 0 Å². The summed E-state index contributed by atoms with van der Waals surface area (Å²) in [6.07, 6.45) is 1.08. The number of hydrogen-bond acceptors (Lipinski definition) is 5. The van der Waals surface area contributed by atoms with E-state index >= 15 is 0 Å². The summed E-state index contributed by atoms with van der Waals surface area (Å²) >= 11 is 3.28. The predicted octanol–water partition coefficient (Wildman–Crippen LogP) is -0.506. The van der Waals surface area contributed by atoms with Crippen molar-refractivity contribution in [1.29, 1.82) is 0 Å². The first-order valence-electron chi connectivity index (χ1n) is 5.84. The maximum atomic E-state index is 11.8. The van der Waals surface area contributed by atoms with Gasteiger partial charge in [-0.2, -0.15) is 5.10 Å². The first-order chi connectivity index (χ1) is 9.04. The van der Waals surface area contributed by atoms with Crippen molar-refractivity contribution in [3.63, 3.8) is 0 Å². The smallest absolute Gasteiger partial charge is 0.282 e. The van der Waals surface area contributed by atoms with Gasteiger partial charge in [-0.05, 0) is 15.9 Å². The van der Waals surface area contributed by atoms with Crippen molar-refractivity contribution in [2.75, 3.05) is 31.6 Å². The van der Waals surface area contributed by atoms with Crippen LogP contribution in [0.1, 0.15) is 0 Å². The third kappa shape index (κ3) is 2.79. The maximum absolute atomic E-state index is 11.8. The molecule has 2 heterocycles. The average Bonchev–Trinajstić information content (AvgIpc) is 2.44. The SMILES string of the molecule is CNC(=O)C1CN(c2cnn(C)c(=O)c2Br)CCO1. The van der Waals surface area contributed by atoms with Crippen LogP contribution in [0.3, 0.4) is 0 Å². The lowest BCUT2D eigenvalue weighted by atomic mass is 10.2. The summed E-state index contributed by atoms with van der Waals surface area (Å²) in [7, 11) is 3.16. The Kier molecular flexibility index (Phi) is 4.20. The first kappa shape index (κ1) is 14.0. The van der Waals surface area contributed by atoms with E-state index in [0.717, 1.165) is 0 Å². The molecule has 1 aliphatic heterocycles. The summed E-state index contributed by atoms with van der Waals surface area (Å²) in [4.78, 5) is 25.3. The van der Waals surface area contributed by atoms with Crippen molar-refractivity contribution in [3.05, 3.63) is 21.0 Å². The van der Waals surface area contributed by atoms with Gasteiger partial charge in [0.05, 0.1) is 25.0 Å². The van der Waals surface area contributed by atoms with Gasteiger partial charge in [0.15, 0.2) is 6.10 Å². The van der Waals surface area contributed by atoms with Crippen molar-refractivity contribution in [2.45, 2.75) is 6.10 Å². The largest absolute Gasteiger partial charge is 0.365 e. The Balaban J connectivity index is 2.25. The molecular formula is C11H15BrN4O3. The van der Waals surface area contributed by atoms with Crippen molar-refractivity contribution in [3.8, 4) is 0 Å². The first-order valence-corrected chi connectivity index (χ1v) is 6.64. The highest BCUT2D eigenvalue weighted by atomic mass is 79.9. The molecule has 0 saturated carbocycles. The molecule has 104 valence electrons. The molecule has 7 nitrogen and oxygen atoms in total. The number of rotatable bonds is 2. The highest BCUT2D eigenvalue weighted by molar-refractivity contribution is 9.10. The predicted molar refractivity (Wildman–Crippen MR) is 73.2 cm³/mol. The lowest BCUT2D eigenvalue weighted by Gasteiger charge is -2.33. The Morgan fingerprint density at radius 2 is 2.37 bits per heavy atom. The number of aryl methyl sites for hydroxylation is 1. The highest BCUT2D eigenvalue weighted by Crippen LogP contribution is 2.23. The van der Waals surface area contributed by atoms with Gasteiger partial charge in [0.2, 0.25) is 0 Å². The minimum absolute atomic E-state index is 0.169. The molecule has 1 fully saturated rings. The van der Waals surface area contributed by atoms with Gasteiger partial charge >= 0.3 is 0 Å². The number of morpholine rings is 1. The number of likely N-dealkylation sites (N-methyl/N-ethyl adjacent to an activating group) is 1. The number of nitrogens with one attached hydrogen (secondary N) is 1. The number of amides is 1. The van der Waals surface area contributed by atoms with Crippen molar-refractivity contribution in [1.82, 2.24) is 15.1 Å². The Morgan fingerprint density at radius 3 is 3.05 bits per heavy atom. The van der Waals surface area contributed by atoms with Gasteiger partial charge in [-0.25, -0.2) is 4.68 Å². The van der Waals surface area contributed by atoms with E-state index in [1.54, 1.807) is 20.3 Å². The van der Waals surface area contributed by atoms with Crippen LogP contribution in [0.25, 0.3) is 0 Å². The number of anilines is 1. The summed E-state index contributed by atoms with van der Waals surface area (Å²) < 4.78 is 7.10.